The number of para-hydroxylation sites is 1. The first-order valence-corrected chi connectivity index (χ1v) is 13.5. The first-order chi connectivity index (χ1) is 18.1. The lowest BCUT2D eigenvalue weighted by Crippen LogP contribution is -2.15. The van der Waals surface area contributed by atoms with Crippen LogP contribution in [0.5, 0.6) is 0 Å². The standard InChI is InChI=1S/C32H33NO4S/c1-21(20-32(3,4)5)18-28(33-37-22(2)34)23-10-14-26(15-11-23)38-27-16-12-24(13-17-27)31(35)30-19-25-8-6-7-9-29(25)36-30/h6-17,19,21H,18,20H2,1-5H3/b33-28+. The molecule has 3 aromatic carbocycles. The second-order valence-electron chi connectivity index (χ2n) is 10.8. The van der Waals surface area contributed by atoms with Gasteiger partial charge >= 0.3 is 5.97 Å². The number of rotatable bonds is 9. The molecule has 0 spiro atoms. The molecule has 1 unspecified atom stereocenters. The zero-order valence-electron chi connectivity index (χ0n) is 22.5. The number of ketones is 1. The molecule has 0 amide bonds. The number of furan rings is 1. The topological polar surface area (TPSA) is 68.9 Å². The van der Waals surface area contributed by atoms with Crippen LogP contribution in [0.1, 0.15) is 69.1 Å². The third-order valence-electron chi connectivity index (χ3n) is 5.98. The van der Waals surface area contributed by atoms with Crippen LogP contribution in [-0.2, 0) is 9.63 Å². The fourth-order valence-electron chi connectivity index (χ4n) is 4.54. The zero-order valence-corrected chi connectivity index (χ0v) is 23.3. The lowest BCUT2D eigenvalue weighted by atomic mass is 9.83. The molecule has 4 aromatic rings. The van der Waals surface area contributed by atoms with Gasteiger partial charge in [0.2, 0.25) is 5.78 Å². The van der Waals surface area contributed by atoms with Crippen molar-refractivity contribution in [3.05, 3.63) is 95.7 Å². The van der Waals surface area contributed by atoms with Gasteiger partial charge in [0, 0.05) is 27.7 Å². The highest BCUT2D eigenvalue weighted by Gasteiger charge is 2.19. The van der Waals surface area contributed by atoms with E-state index in [-0.39, 0.29) is 11.2 Å². The van der Waals surface area contributed by atoms with Crippen LogP contribution in [0.3, 0.4) is 0 Å². The van der Waals surface area contributed by atoms with Crippen molar-refractivity contribution in [3.63, 3.8) is 0 Å². The molecule has 196 valence electrons. The van der Waals surface area contributed by atoms with Crippen LogP contribution in [0.2, 0.25) is 0 Å². The van der Waals surface area contributed by atoms with Crippen LogP contribution in [0.4, 0.5) is 0 Å². The smallest absolute Gasteiger partial charge is 0.331 e. The molecule has 0 aliphatic carbocycles. The lowest BCUT2D eigenvalue weighted by Gasteiger charge is -2.23. The predicted molar refractivity (Wildman–Crippen MR) is 153 cm³/mol. The lowest BCUT2D eigenvalue weighted by molar-refractivity contribution is -0.140. The van der Waals surface area contributed by atoms with Crippen LogP contribution < -0.4 is 0 Å². The van der Waals surface area contributed by atoms with E-state index < -0.39 is 5.97 Å². The molecular formula is C32H33NO4S. The number of carbonyl (C=O) groups is 2. The maximum absolute atomic E-state index is 12.9. The summed E-state index contributed by atoms with van der Waals surface area (Å²) in [6.07, 6.45) is 1.76. The number of oxime groups is 1. The molecule has 0 saturated heterocycles. The van der Waals surface area contributed by atoms with Crippen LogP contribution in [0.25, 0.3) is 11.0 Å². The van der Waals surface area contributed by atoms with Crippen molar-refractivity contribution in [2.75, 3.05) is 0 Å². The number of hydrogen-bond donors (Lipinski definition) is 0. The van der Waals surface area contributed by atoms with Gasteiger partial charge in [-0.1, -0.05) is 74.9 Å². The first-order valence-electron chi connectivity index (χ1n) is 12.7. The van der Waals surface area contributed by atoms with Gasteiger partial charge in [-0.05, 0) is 78.3 Å². The van der Waals surface area contributed by atoms with Gasteiger partial charge in [-0.25, -0.2) is 4.79 Å². The Hall–Kier alpha value is -3.64. The minimum absolute atomic E-state index is 0.137. The van der Waals surface area contributed by atoms with E-state index in [2.05, 4.69) is 32.9 Å². The van der Waals surface area contributed by atoms with Gasteiger partial charge in [0.05, 0.1) is 5.71 Å². The largest absolute Gasteiger partial charge is 0.453 e. The predicted octanol–water partition coefficient (Wildman–Crippen LogP) is 8.54. The van der Waals surface area contributed by atoms with Crippen LogP contribution in [-0.4, -0.2) is 17.5 Å². The molecule has 38 heavy (non-hydrogen) atoms. The van der Waals surface area contributed by atoms with Crippen LogP contribution >= 0.6 is 11.8 Å². The SMILES string of the molecule is CC(=O)O/N=C(\CC(C)CC(C)(C)C)c1ccc(Sc2ccc(C(=O)c3cc4ccccc4o3)cc2)cc1. The summed E-state index contributed by atoms with van der Waals surface area (Å²) in [5.74, 6) is 0.159. The third kappa shape index (κ3) is 7.45. The van der Waals surface area contributed by atoms with E-state index >= 15 is 0 Å². The maximum Gasteiger partial charge on any atom is 0.331 e. The highest BCUT2D eigenvalue weighted by molar-refractivity contribution is 7.99. The Balaban J connectivity index is 1.44. The van der Waals surface area contributed by atoms with Crippen molar-refractivity contribution in [2.45, 2.75) is 57.3 Å². The molecule has 0 fully saturated rings. The summed E-state index contributed by atoms with van der Waals surface area (Å²) in [7, 11) is 0. The van der Waals surface area contributed by atoms with Crippen molar-refractivity contribution in [2.24, 2.45) is 16.5 Å². The van der Waals surface area contributed by atoms with E-state index in [1.165, 1.54) is 6.92 Å². The summed E-state index contributed by atoms with van der Waals surface area (Å²) in [6.45, 7) is 10.2. The van der Waals surface area contributed by atoms with E-state index in [9.17, 15) is 9.59 Å². The quantitative estimate of drug-likeness (QED) is 0.0944. The molecule has 5 nitrogen and oxygen atoms in total. The Morgan fingerprint density at radius 2 is 1.53 bits per heavy atom. The molecule has 1 heterocycles. The van der Waals surface area contributed by atoms with Crippen LogP contribution in [0.15, 0.2) is 98.2 Å². The van der Waals surface area contributed by atoms with Gasteiger partial charge in [0.15, 0.2) is 5.76 Å². The van der Waals surface area contributed by atoms with Crippen molar-refractivity contribution in [1.82, 2.24) is 0 Å². The molecule has 0 saturated carbocycles. The van der Waals surface area contributed by atoms with Gasteiger partial charge < -0.3 is 9.25 Å². The highest BCUT2D eigenvalue weighted by atomic mass is 32.2. The minimum Gasteiger partial charge on any atom is -0.453 e. The average Bonchev–Trinajstić information content (AvgIpc) is 3.30. The normalized spacial score (nSPS) is 12.9. The van der Waals surface area contributed by atoms with Crippen molar-refractivity contribution < 1.29 is 18.8 Å². The van der Waals surface area contributed by atoms with Gasteiger partial charge in [-0.15, -0.1) is 0 Å². The monoisotopic (exact) mass is 527 g/mol. The molecule has 1 aromatic heterocycles. The minimum atomic E-state index is -0.430. The Kier molecular flexibility index (Phi) is 8.52. The molecule has 0 radical (unpaired) electrons. The van der Waals surface area contributed by atoms with Crippen molar-refractivity contribution in [3.8, 4) is 0 Å². The molecule has 0 bridgehead atoms. The van der Waals surface area contributed by atoms with E-state index in [1.807, 2.05) is 72.8 Å². The number of hydrogen-bond acceptors (Lipinski definition) is 6. The van der Waals surface area contributed by atoms with E-state index in [4.69, 9.17) is 9.25 Å². The fourth-order valence-corrected chi connectivity index (χ4v) is 5.35. The fraction of sp³-hybridized carbons (Fsp3) is 0.281. The second-order valence-corrected chi connectivity index (χ2v) is 12.0. The summed E-state index contributed by atoms with van der Waals surface area (Å²) in [4.78, 5) is 31.4. The van der Waals surface area contributed by atoms with Gasteiger partial charge in [-0.2, -0.15) is 0 Å². The highest BCUT2D eigenvalue weighted by Crippen LogP contribution is 2.31. The number of benzene rings is 3. The molecule has 0 aliphatic rings. The van der Waals surface area contributed by atoms with Gasteiger partial charge in [-0.3, -0.25) is 4.79 Å². The van der Waals surface area contributed by atoms with E-state index in [0.29, 0.717) is 22.8 Å². The summed E-state index contributed by atoms with van der Waals surface area (Å²) in [5.41, 5.74) is 3.19. The molecule has 1 atom stereocenters. The summed E-state index contributed by atoms with van der Waals surface area (Å²) in [6, 6.07) is 25.0. The van der Waals surface area contributed by atoms with Crippen LogP contribution in [0, 0.1) is 11.3 Å². The summed E-state index contributed by atoms with van der Waals surface area (Å²) >= 11 is 1.61. The first kappa shape index (κ1) is 27.4. The van der Waals surface area contributed by atoms with E-state index in [1.54, 1.807) is 17.8 Å². The second kappa shape index (κ2) is 11.8. The number of fused-ring (bicyclic) bond motifs is 1. The Labute approximate surface area is 228 Å². The molecular weight excluding hydrogens is 494 g/mol. The Bertz CT molecular complexity index is 1410. The molecule has 0 N–H and O–H groups in total. The zero-order chi connectivity index (χ0) is 27.3. The Morgan fingerprint density at radius 1 is 0.921 bits per heavy atom. The van der Waals surface area contributed by atoms with Gasteiger partial charge in [0.1, 0.15) is 5.58 Å². The van der Waals surface area contributed by atoms with Gasteiger partial charge in [0.25, 0.3) is 0 Å². The summed E-state index contributed by atoms with van der Waals surface area (Å²) in [5, 5.41) is 5.08. The maximum atomic E-state index is 12.9. The van der Waals surface area contributed by atoms with E-state index in [0.717, 1.165) is 39.3 Å². The van der Waals surface area contributed by atoms with Crippen molar-refractivity contribution >= 4 is 40.2 Å². The molecule has 6 heteroatoms. The Morgan fingerprint density at radius 3 is 2.11 bits per heavy atom. The average molecular weight is 528 g/mol. The summed E-state index contributed by atoms with van der Waals surface area (Å²) < 4.78 is 5.73. The number of nitrogens with zero attached hydrogens (tertiary/aromatic N) is 1. The molecule has 0 aliphatic heterocycles. The number of carbonyl (C=O) groups excluding carboxylic acids is 2. The van der Waals surface area contributed by atoms with Crippen molar-refractivity contribution in [1.29, 1.82) is 0 Å². The third-order valence-corrected chi connectivity index (χ3v) is 6.99. The molecule has 4 rings (SSSR count).